The van der Waals surface area contributed by atoms with Crippen LogP contribution in [-0.4, -0.2) is 30.5 Å². The molecule has 0 aliphatic carbocycles. The van der Waals surface area contributed by atoms with E-state index in [0.29, 0.717) is 28.3 Å². The van der Waals surface area contributed by atoms with E-state index < -0.39 is 5.97 Å². The van der Waals surface area contributed by atoms with Gasteiger partial charge in [0.1, 0.15) is 5.52 Å². The highest BCUT2D eigenvalue weighted by Gasteiger charge is 2.16. The van der Waals surface area contributed by atoms with Gasteiger partial charge in [0, 0.05) is 5.56 Å². The van der Waals surface area contributed by atoms with E-state index >= 15 is 0 Å². The number of hydrogen-bond acceptors (Lipinski definition) is 5. The van der Waals surface area contributed by atoms with Gasteiger partial charge in [0.05, 0.1) is 26.0 Å². The van der Waals surface area contributed by atoms with Crippen molar-refractivity contribution in [3.8, 4) is 22.8 Å². The molecule has 1 N–H and O–H groups in total. The summed E-state index contributed by atoms with van der Waals surface area (Å²) in [5, 5.41) is 13.8. The molecule has 3 aromatic rings. The Kier molecular flexibility index (Phi) is 3.89. The van der Waals surface area contributed by atoms with Crippen LogP contribution in [0.2, 0.25) is 0 Å². The molecule has 0 atom stereocenters. The monoisotopic (exact) mass is 313 g/mol. The number of nitrogens with zero attached hydrogens (tertiary/aromatic N) is 1. The van der Waals surface area contributed by atoms with Gasteiger partial charge in [0.25, 0.3) is 0 Å². The predicted octanol–water partition coefficient (Wildman–Crippen LogP) is 3.14. The third kappa shape index (κ3) is 2.70. The molecule has 0 unspecified atom stereocenters. The molecule has 0 saturated carbocycles. The van der Waals surface area contributed by atoms with Gasteiger partial charge in [-0.05, 0) is 29.8 Å². The van der Waals surface area contributed by atoms with Gasteiger partial charge >= 0.3 is 5.97 Å². The van der Waals surface area contributed by atoms with Crippen molar-refractivity contribution in [1.82, 2.24) is 5.16 Å². The third-order valence-corrected chi connectivity index (χ3v) is 3.58. The number of fused-ring (bicyclic) bond motifs is 1. The van der Waals surface area contributed by atoms with Crippen LogP contribution in [0.4, 0.5) is 0 Å². The summed E-state index contributed by atoms with van der Waals surface area (Å²) in [5.41, 5.74) is 1.95. The first-order valence-electron chi connectivity index (χ1n) is 6.95. The van der Waals surface area contributed by atoms with Gasteiger partial charge in [-0.3, -0.25) is 4.79 Å². The fraction of sp³-hybridized carbons (Fsp3) is 0.176. The maximum Gasteiger partial charge on any atom is 0.307 e. The summed E-state index contributed by atoms with van der Waals surface area (Å²) < 4.78 is 16.0. The lowest BCUT2D eigenvalue weighted by Gasteiger charge is -2.08. The van der Waals surface area contributed by atoms with E-state index in [1.165, 1.54) is 0 Å². The van der Waals surface area contributed by atoms with Gasteiger partial charge in [-0.25, -0.2) is 0 Å². The van der Waals surface area contributed by atoms with E-state index in [2.05, 4.69) is 5.16 Å². The van der Waals surface area contributed by atoms with Crippen LogP contribution in [0.1, 0.15) is 5.56 Å². The van der Waals surface area contributed by atoms with Gasteiger partial charge in [-0.15, -0.1) is 0 Å². The van der Waals surface area contributed by atoms with E-state index in [1.807, 2.05) is 12.1 Å². The van der Waals surface area contributed by atoms with Crippen molar-refractivity contribution in [1.29, 1.82) is 0 Å². The number of benzene rings is 2. The van der Waals surface area contributed by atoms with E-state index in [-0.39, 0.29) is 6.42 Å². The number of carbonyl (C=O) groups is 1. The minimum atomic E-state index is -0.909. The fourth-order valence-electron chi connectivity index (χ4n) is 2.51. The lowest BCUT2D eigenvalue weighted by atomic mass is 10.0. The molecule has 0 bridgehead atoms. The summed E-state index contributed by atoms with van der Waals surface area (Å²) >= 11 is 0. The highest BCUT2D eigenvalue weighted by Crippen LogP contribution is 2.36. The van der Waals surface area contributed by atoms with Crippen LogP contribution >= 0.6 is 0 Å². The van der Waals surface area contributed by atoms with E-state index in [9.17, 15) is 4.79 Å². The predicted molar refractivity (Wildman–Crippen MR) is 83.9 cm³/mol. The number of carboxylic acid groups (broad SMARTS) is 1. The van der Waals surface area contributed by atoms with Crippen molar-refractivity contribution in [3.63, 3.8) is 0 Å². The van der Waals surface area contributed by atoms with Crippen LogP contribution in [0.15, 0.2) is 40.9 Å². The Hall–Kier alpha value is -3.02. The average Bonchev–Trinajstić information content (AvgIpc) is 2.99. The van der Waals surface area contributed by atoms with E-state index in [1.54, 1.807) is 38.5 Å². The van der Waals surface area contributed by atoms with Gasteiger partial charge in [-0.1, -0.05) is 17.3 Å². The Morgan fingerprint density at radius 2 is 1.96 bits per heavy atom. The number of rotatable bonds is 5. The maximum absolute atomic E-state index is 11.0. The summed E-state index contributed by atoms with van der Waals surface area (Å²) in [6.07, 6.45) is -0.102. The first kappa shape index (κ1) is 14.9. The molecule has 6 nitrogen and oxygen atoms in total. The Morgan fingerprint density at radius 3 is 2.65 bits per heavy atom. The normalized spacial score (nSPS) is 10.7. The second-order valence-corrected chi connectivity index (χ2v) is 4.97. The first-order chi connectivity index (χ1) is 11.1. The molecule has 2 aromatic carbocycles. The third-order valence-electron chi connectivity index (χ3n) is 3.58. The van der Waals surface area contributed by atoms with Crippen LogP contribution in [0.25, 0.3) is 22.2 Å². The lowest BCUT2D eigenvalue weighted by Crippen LogP contribution is -2.00. The zero-order chi connectivity index (χ0) is 16.4. The molecule has 0 fully saturated rings. The topological polar surface area (TPSA) is 81.8 Å². The van der Waals surface area contributed by atoms with Crippen molar-refractivity contribution in [2.24, 2.45) is 0 Å². The summed E-state index contributed by atoms with van der Waals surface area (Å²) in [6, 6.07) is 10.8. The maximum atomic E-state index is 11.0. The van der Waals surface area contributed by atoms with Crippen LogP contribution in [0.3, 0.4) is 0 Å². The molecule has 6 heteroatoms. The van der Waals surface area contributed by atoms with E-state index in [0.717, 1.165) is 10.9 Å². The summed E-state index contributed by atoms with van der Waals surface area (Å²) in [5.74, 6) is 0.851. The number of ether oxygens (including phenoxy) is 2. The Bertz CT molecular complexity index is 869. The van der Waals surface area contributed by atoms with Crippen molar-refractivity contribution < 1.29 is 23.9 Å². The standard InChI is InChI=1S/C17H15NO5/c1-21-13-7-6-11(8-14(13)22-2)17-12-5-3-4-10(9-15(19)20)16(12)18-23-17/h3-8H,9H2,1-2H3,(H,19,20). The molecular weight excluding hydrogens is 298 g/mol. The van der Waals surface area contributed by atoms with Gasteiger partial charge in [0.15, 0.2) is 17.3 Å². The minimum Gasteiger partial charge on any atom is -0.493 e. The van der Waals surface area contributed by atoms with Crippen molar-refractivity contribution in [3.05, 3.63) is 42.0 Å². The molecule has 0 spiro atoms. The zero-order valence-corrected chi connectivity index (χ0v) is 12.7. The molecular formula is C17H15NO5. The van der Waals surface area contributed by atoms with Gasteiger partial charge < -0.3 is 19.1 Å². The lowest BCUT2D eigenvalue weighted by molar-refractivity contribution is -0.136. The van der Waals surface area contributed by atoms with Crippen molar-refractivity contribution >= 4 is 16.9 Å². The van der Waals surface area contributed by atoms with Crippen LogP contribution in [0, 0.1) is 0 Å². The largest absolute Gasteiger partial charge is 0.493 e. The Morgan fingerprint density at radius 1 is 1.17 bits per heavy atom. The zero-order valence-electron chi connectivity index (χ0n) is 12.7. The van der Waals surface area contributed by atoms with Crippen LogP contribution in [-0.2, 0) is 11.2 Å². The molecule has 3 rings (SSSR count). The molecule has 1 aromatic heterocycles. The highest BCUT2D eigenvalue weighted by molar-refractivity contribution is 5.95. The highest BCUT2D eigenvalue weighted by atomic mass is 16.5. The summed E-state index contributed by atoms with van der Waals surface area (Å²) in [6.45, 7) is 0. The second-order valence-electron chi connectivity index (χ2n) is 4.97. The van der Waals surface area contributed by atoms with E-state index in [4.69, 9.17) is 19.1 Å². The number of carboxylic acids is 1. The number of aliphatic carboxylic acids is 1. The van der Waals surface area contributed by atoms with Crippen molar-refractivity contribution in [2.45, 2.75) is 6.42 Å². The summed E-state index contributed by atoms with van der Waals surface area (Å²) in [7, 11) is 3.13. The number of methoxy groups -OCH3 is 2. The molecule has 118 valence electrons. The van der Waals surface area contributed by atoms with Crippen molar-refractivity contribution in [2.75, 3.05) is 14.2 Å². The molecule has 1 heterocycles. The molecule has 0 aliphatic rings. The first-order valence-corrected chi connectivity index (χ1v) is 6.95. The molecule has 0 radical (unpaired) electrons. The quantitative estimate of drug-likeness (QED) is 0.779. The molecule has 0 saturated heterocycles. The van der Waals surface area contributed by atoms with Gasteiger partial charge in [0.2, 0.25) is 0 Å². The smallest absolute Gasteiger partial charge is 0.307 e. The molecule has 0 amide bonds. The van der Waals surface area contributed by atoms with Crippen LogP contribution in [0.5, 0.6) is 11.5 Å². The second kappa shape index (κ2) is 6.00. The fourth-order valence-corrected chi connectivity index (χ4v) is 2.51. The SMILES string of the molecule is COc1ccc(-c2onc3c(CC(=O)O)cccc23)cc1OC. The molecule has 0 aliphatic heterocycles. The minimum absolute atomic E-state index is 0.102. The average molecular weight is 313 g/mol. The Balaban J connectivity index is 2.12. The molecule has 23 heavy (non-hydrogen) atoms. The number of aromatic nitrogens is 1. The summed E-state index contributed by atoms with van der Waals surface area (Å²) in [4.78, 5) is 11.0. The van der Waals surface area contributed by atoms with Gasteiger partial charge in [-0.2, -0.15) is 0 Å². The van der Waals surface area contributed by atoms with Crippen LogP contribution < -0.4 is 9.47 Å². The number of hydrogen-bond donors (Lipinski definition) is 1. The Labute approximate surface area is 132 Å².